The number of methoxy groups -OCH3 is 1. The van der Waals surface area contributed by atoms with E-state index >= 15 is 0 Å². The minimum Gasteiger partial charge on any atom is -0.495 e. The Morgan fingerprint density at radius 1 is 1.11 bits per heavy atom. The lowest BCUT2D eigenvalue weighted by Gasteiger charge is -2.12. The maximum atomic E-state index is 12.0. The average Bonchev–Trinajstić information content (AvgIpc) is 2.63. The monoisotopic (exact) mass is 390 g/mol. The number of anilines is 1. The summed E-state index contributed by atoms with van der Waals surface area (Å²) in [5.41, 5.74) is 1.94. The molecule has 146 valence electrons. The largest absolute Gasteiger partial charge is 0.495 e. The second-order valence-electron chi connectivity index (χ2n) is 6.43. The molecule has 0 saturated heterocycles. The summed E-state index contributed by atoms with van der Waals surface area (Å²) in [6, 6.07) is 13.3. The van der Waals surface area contributed by atoms with Crippen LogP contribution in [-0.4, -0.2) is 32.2 Å². The number of carbonyl (C=O) groups is 1. The molecule has 1 amide bonds. The van der Waals surface area contributed by atoms with Crippen LogP contribution in [0.3, 0.4) is 0 Å². The number of halogens is 1. The molecule has 0 aliphatic rings. The summed E-state index contributed by atoms with van der Waals surface area (Å²) in [4.78, 5) is 12.0. The second-order valence-corrected chi connectivity index (χ2v) is 6.87. The lowest BCUT2D eigenvalue weighted by atomic mass is 10.1. The zero-order chi connectivity index (χ0) is 19.6. The Labute approximate surface area is 166 Å². The molecule has 0 heterocycles. The van der Waals surface area contributed by atoms with Crippen LogP contribution < -0.4 is 20.1 Å². The predicted molar refractivity (Wildman–Crippen MR) is 110 cm³/mol. The van der Waals surface area contributed by atoms with E-state index in [2.05, 4.69) is 10.6 Å². The molecule has 0 atom stereocenters. The van der Waals surface area contributed by atoms with Gasteiger partial charge in [-0.1, -0.05) is 23.7 Å². The number of amides is 1. The van der Waals surface area contributed by atoms with Gasteiger partial charge in [0.1, 0.15) is 11.5 Å². The molecule has 0 spiro atoms. The fraction of sp³-hybridized carbons (Fsp3) is 0.381. The van der Waals surface area contributed by atoms with Crippen molar-refractivity contribution in [2.45, 2.75) is 32.8 Å². The van der Waals surface area contributed by atoms with E-state index in [1.807, 2.05) is 38.1 Å². The third kappa shape index (κ3) is 7.39. The first-order chi connectivity index (χ1) is 13.0. The van der Waals surface area contributed by atoms with Gasteiger partial charge >= 0.3 is 0 Å². The molecule has 0 radical (unpaired) electrons. The van der Waals surface area contributed by atoms with Crippen molar-refractivity contribution in [2.75, 3.05) is 25.5 Å². The molecule has 5 nitrogen and oxygen atoms in total. The summed E-state index contributed by atoms with van der Waals surface area (Å²) in [6.45, 7) is 5.11. The van der Waals surface area contributed by atoms with E-state index in [1.165, 1.54) is 0 Å². The standard InChI is InChI=1S/C21H27ClN2O3/c1-15(2)27-18-7-4-16(5-8-18)10-12-24-21(25)11-13-23-19-14-17(22)6-9-20(19)26-3/h4-9,14-15,23H,10-13H2,1-3H3,(H,24,25). The van der Waals surface area contributed by atoms with Gasteiger partial charge in [0.05, 0.1) is 18.9 Å². The molecule has 0 saturated carbocycles. The molecule has 0 fully saturated rings. The molecule has 2 rings (SSSR count). The van der Waals surface area contributed by atoms with Crippen molar-refractivity contribution in [2.24, 2.45) is 0 Å². The highest BCUT2D eigenvalue weighted by Gasteiger charge is 2.06. The van der Waals surface area contributed by atoms with Gasteiger partial charge in [-0.3, -0.25) is 4.79 Å². The Morgan fingerprint density at radius 3 is 2.52 bits per heavy atom. The molecule has 2 aromatic rings. The van der Waals surface area contributed by atoms with Crippen LogP contribution in [0.15, 0.2) is 42.5 Å². The number of hydrogen-bond donors (Lipinski definition) is 2. The zero-order valence-corrected chi connectivity index (χ0v) is 16.8. The highest BCUT2D eigenvalue weighted by molar-refractivity contribution is 6.30. The summed E-state index contributed by atoms with van der Waals surface area (Å²) >= 11 is 5.99. The Kier molecular flexibility index (Phi) is 8.27. The average molecular weight is 391 g/mol. The van der Waals surface area contributed by atoms with Crippen molar-refractivity contribution in [3.05, 3.63) is 53.1 Å². The van der Waals surface area contributed by atoms with Gasteiger partial charge in [-0.25, -0.2) is 0 Å². The van der Waals surface area contributed by atoms with Gasteiger partial charge in [-0.15, -0.1) is 0 Å². The maximum Gasteiger partial charge on any atom is 0.221 e. The molecule has 0 unspecified atom stereocenters. The molecule has 0 aliphatic heterocycles. The zero-order valence-electron chi connectivity index (χ0n) is 16.0. The van der Waals surface area contributed by atoms with E-state index in [-0.39, 0.29) is 12.0 Å². The third-order valence-corrected chi connectivity index (χ3v) is 4.10. The molecule has 2 N–H and O–H groups in total. The van der Waals surface area contributed by atoms with Gasteiger partial charge in [-0.2, -0.15) is 0 Å². The Hall–Kier alpha value is -2.40. The van der Waals surface area contributed by atoms with E-state index in [9.17, 15) is 4.79 Å². The van der Waals surface area contributed by atoms with Gasteiger partial charge < -0.3 is 20.1 Å². The number of carbonyl (C=O) groups excluding carboxylic acids is 1. The van der Waals surface area contributed by atoms with Crippen LogP contribution in [0.4, 0.5) is 5.69 Å². The molecule has 6 heteroatoms. The van der Waals surface area contributed by atoms with Crippen molar-refractivity contribution in [1.29, 1.82) is 0 Å². The molecule has 0 aromatic heterocycles. The summed E-state index contributed by atoms with van der Waals surface area (Å²) in [5, 5.41) is 6.74. The fourth-order valence-electron chi connectivity index (χ4n) is 2.57. The van der Waals surface area contributed by atoms with Crippen molar-refractivity contribution in [3.63, 3.8) is 0 Å². The third-order valence-electron chi connectivity index (χ3n) is 3.86. The van der Waals surface area contributed by atoms with Gasteiger partial charge in [0.2, 0.25) is 5.91 Å². The van der Waals surface area contributed by atoms with Crippen molar-refractivity contribution < 1.29 is 14.3 Å². The smallest absolute Gasteiger partial charge is 0.221 e. The first kappa shape index (κ1) is 20.9. The van der Waals surface area contributed by atoms with E-state index in [4.69, 9.17) is 21.1 Å². The molecular formula is C21H27ClN2O3. The quantitative estimate of drug-likeness (QED) is 0.635. The Balaban J connectivity index is 1.68. The van der Waals surface area contributed by atoms with E-state index in [0.29, 0.717) is 30.3 Å². The van der Waals surface area contributed by atoms with Crippen LogP contribution in [0.25, 0.3) is 0 Å². The number of nitrogens with one attached hydrogen (secondary N) is 2. The first-order valence-corrected chi connectivity index (χ1v) is 9.45. The predicted octanol–water partition coefficient (Wildman–Crippen LogP) is 4.30. The number of ether oxygens (including phenoxy) is 2. The van der Waals surface area contributed by atoms with E-state index < -0.39 is 0 Å². The van der Waals surface area contributed by atoms with Gasteiger partial charge in [0.25, 0.3) is 0 Å². The minimum atomic E-state index is 0.00301. The Bertz CT molecular complexity index is 733. The SMILES string of the molecule is COc1ccc(Cl)cc1NCCC(=O)NCCc1ccc(OC(C)C)cc1. The maximum absolute atomic E-state index is 12.0. The lowest BCUT2D eigenvalue weighted by molar-refractivity contribution is -0.120. The van der Waals surface area contributed by atoms with Gasteiger partial charge in [0.15, 0.2) is 0 Å². The topological polar surface area (TPSA) is 59.6 Å². The van der Waals surface area contributed by atoms with Crippen molar-refractivity contribution >= 4 is 23.2 Å². The first-order valence-electron chi connectivity index (χ1n) is 9.07. The summed E-state index contributed by atoms with van der Waals surface area (Å²) < 4.78 is 10.9. The second kappa shape index (κ2) is 10.7. The normalized spacial score (nSPS) is 10.6. The molecule has 27 heavy (non-hydrogen) atoms. The van der Waals surface area contributed by atoms with Crippen LogP contribution in [0, 0.1) is 0 Å². The van der Waals surface area contributed by atoms with E-state index in [1.54, 1.807) is 25.3 Å². The highest BCUT2D eigenvalue weighted by Crippen LogP contribution is 2.27. The lowest BCUT2D eigenvalue weighted by Crippen LogP contribution is -2.27. The molecule has 0 aliphatic carbocycles. The summed E-state index contributed by atoms with van der Waals surface area (Å²) in [6.07, 6.45) is 1.32. The van der Waals surface area contributed by atoms with Gasteiger partial charge in [-0.05, 0) is 56.2 Å². The molecule has 0 bridgehead atoms. The van der Waals surface area contributed by atoms with Crippen LogP contribution in [0.1, 0.15) is 25.8 Å². The molecule has 2 aromatic carbocycles. The van der Waals surface area contributed by atoms with Crippen LogP contribution in [0.2, 0.25) is 5.02 Å². The van der Waals surface area contributed by atoms with Crippen LogP contribution in [0.5, 0.6) is 11.5 Å². The number of rotatable bonds is 10. The summed E-state index contributed by atoms with van der Waals surface area (Å²) in [5.74, 6) is 1.56. The Morgan fingerprint density at radius 2 is 1.85 bits per heavy atom. The fourth-order valence-corrected chi connectivity index (χ4v) is 2.74. The van der Waals surface area contributed by atoms with Crippen LogP contribution in [-0.2, 0) is 11.2 Å². The minimum absolute atomic E-state index is 0.00301. The van der Waals surface area contributed by atoms with Crippen molar-refractivity contribution in [1.82, 2.24) is 5.32 Å². The number of benzene rings is 2. The highest BCUT2D eigenvalue weighted by atomic mass is 35.5. The van der Waals surface area contributed by atoms with Crippen LogP contribution >= 0.6 is 11.6 Å². The van der Waals surface area contributed by atoms with E-state index in [0.717, 1.165) is 23.4 Å². The summed E-state index contributed by atoms with van der Waals surface area (Å²) in [7, 11) is 1.60. The van der Waals surface area contributed by atoms with Crippen molar-refractivity contribution in [3.8, 4) is 11.5 Å². The van der Waals surface area contributed by atoms with Gasteiger partial charge in [0, 0.05) is 24.5 Å². The molecular weight excluding hydrogens is 364 g/mol. The number of hydrogen-bond acceptors (Lipinski definition) is 4.